The highest BCUT2D eigenvalue weighted by atomic mass is 15.2. The molecule has 0 saturated carbocycles. The fourth-order valence-electron chi connectivity index (χ4n) is 11.0. The number of nitrogens with zero attached hydrogens (tertiary/aromatic N) is 1. The highest BCUT2D eigenvalue weighted by Crippen LogP contribution is 2.63. The highest BCUT2D eigenvalue weighted by molar-refractivity contribution is 6.10. The SMILES string of the molecule is C1=CC2C(C=C1c1ccc3[nH]c4ccc(-c5ccc6c(c5)C5(c7ccccc7-c7ccccc75)c5ccccc5-6)cc4c3c1)c1ccccc1N2c1ccccc1. The lowest BCUT2D eigenvalue weighted by molar-refractivity contribution is 0.747. The molecule has 2 heterocycles. The van der Waals surface area contributed by atoms with E-state index in [-0.39, 0.29) is 17.4 Å². The molecule has 0 fully saturated rings. The summed E-state index contributed by atoms with van der Waals surface area (Å²) in [5.41, 5.74) is 21.7. The summed E-state index contributed by atoms with van der Waals surface area (Å²) in [6.45, 7) is 0. The van der Waals surface area contributed by atoms with Gasteiger partial charge in [0.1, 0.15) is 0 Å². The van der Waals surface area contributed by atoms with E-state index in [9.17, 15) is 0 Å². The second-order valence-corrected chi connectivity index (χ2v) is 16.1. The number of H-pyrrole nitrogens is 1. The molecule has 2 unspecified atom stereocenters. The molecule has 0 radical (unpaired) electrons. The van der Waals surface area contributed by atoms with Gasteiger partial charge in [-0.1, -0.05) is 152 Å². The summed E-state index contributed by atoms with van der Waals surface area (Å²) in [6, 6.07) is 68.2. The molecule has 4 aliphatic rings. The van der Waals surface area contributed by atoms with Crippen LogP contribution in [0, 0.1) is 0 Å². The van der Waals surface area contributed by atoms with Crippen LogP contribution in [-0.2, 0) is 5.41 Å². The van der Waals surface area contributed by atoms with Gasteiger partial charge in [-0.05, 0) is 121 Å². The van der Waals surface area contributed by atoms with Gasteiger partial charge in [0.05, 0.1) is 11.5 Å². The monoisotopic (exact) mass is 724 g/mol. The molecule has 0 saturated heterocycles. The van der Waals surface area contributed by atoms with Gasteiger partial charge in [-0.2, -0.15) is 0 Å². The Morgan fingerprint density at radius 2 is 1.00 bits per heavy atom. The molecule has 57 heavy (non-hydrogen) atoms. The Hall–Kier alpha value is -7.16. The van der Waals surface area contributed by atoms with Gasteiger partial charge in [0.2, 0.25) is 0 Å². The zero-order valence-corrected chi connectivity index (χ0v) is 31.2. The summed E-state index contributed by atoms with van der Waals surface area (Å²) >= 11 is 0. The van der Waals surface area contributed by atoms with Crippen molar-refractivity contribution in [2.45, 2.75) is 17.4 Å². The quantitative estimate of drug-likeness (QED) is 0.192. The molecule has 8 aromatic carbocycles. The maximum absolute atomic E-state index is 3.73. The molecule has 2 heteroatoms. The van der Waals surface area contributed by atoms with E-state index in [0.717, 1.165) is 11.0 Å². The normalized spacial score (nSPS) is 17.6. The molecule has 1 spiro atoms. The van der Waals surface area contributed by atoms with Crippen molar-refractivity contribution < 1.29 is 0 Å². The smallest absolute Gasteiger partial charge is 0.0725 e. The summed E-state index contributed by atoms with van der Waals surface area (Å²) < 4.78 is 0. The Morgan fingerprint density at radius 3 is 1.70 bits per heavy atom. The number of para-hydroxylation sites is 2. The topological polar surface area (TPSA) is 19.0 Å². The van der Waals surface area contributed by atoms with Crippen LogP contribution in [0.3, 0.4) is 0 Å². The Kier molecular flexibility index (Phi) is 6.24. The number of fused-ring (bicyclic) bond motifs is 16. The Labute approximate surface area is 331 Å². The third-order valence-electron chi connectivity index (χ3n) is 13.4. The van der Waals surface area contributed by atoms with E-state index < -0.39 is 0 Å². The van der Waals surface area contributed by atoms with Crippen LogP contribution in [-0.4, -0.2) is 11.0 Å². The van der Waals surface area contributed by atoms with Crippen LogP contribution in [0.25, 0.3) is 60.8 Å². The summed E-state index contributed by atoms with van der Waals surface area (Å²) in [5, 5.41) is 2.50. The van der Waals surface area contributed by atoms with Crippen LogP contribution < -0.4 is 4.90 Å². The average molecular weight is 725 g/mol. The molecule has 1 aliphatic heterocycles. The first-order valence-corrected chi connectivity index (χ1v) is 20.1. The minimum absolute atomic E-state index is 0.248. The van der Waals surface area contributed by atoms with Crippen molar-refractivity contribution in [1.29, 1.82) is 0 Å². The predicted molar refractivity (Wildman–Crippen MR) is 236 cm³/mol. The van der Waals surface area contributed by atoms with E-state index in [0.29, 0.717) is 0 Å². The lowest BCUT2D eigenvalue weighted by Gasteiger charge is -2.30. The van der Waals surface area contributed by atoms with Crippen molar-refractivity contribution >= 4 is 38.8 Å². The first-order valence-electron chi connectivity index (χ1n) is 20.1. The standard InChI is InChI=1S/C55H36N2/c1-2-12-38(13-3-1)57-53-21-11-7-17-43(53)46-32-36(25-29-54(46)57)34-23-27-51-44(30-34)45-31-35(24-28-52(45)56-51)37-22-26-42-41-16-6-10-20-49(41)55(50(42)33-37)47-18-8-4-14-39(47)40-15-5-9-19-48(40)55/h1-33,46,54,56H. The Bertz CT molecular complexity index is 3150. The van der Waals surface area contributed by atoms with Crippen LogP contribution in [0.5, 0.6) is 0 Å². The highest BCUT2D eigenvalue weighted by Gasteiger charge is 2.51. The zero-order chi connectivity index (χ0) is 37.2. The lowest BCUT2D eigenvalue weighted by atomic mass is 9.70. The van der Waals surface area contributed by atoms with Gasteiger partial charge in [0.25, 0.3) is 0 Å². The molecule has 1 N–H and O–H groups in total. The Balaban J connectivity index is 0.929. The number of aromatic nitrogens is 1. The van der Waals surface area contributed by atoms with Crippen molar-refractivity contribution in [2.24, 2.45) is 0 Å². The molecular weight excluding hydrogens is 689 g/mol. The second kappa shape index (κ2) is 11.4. The van der Waals surface area contributed by atoms with Crippen LogP contribution in [0.2, 0.25) is 0 Å². The number of anilines is 2. The number of allylic oxidation sites excluding steroid dienone is 2. The van der Waals surface area contributed by atoms with Gasteiger partial charge < -0.3 is 9.88 Å². The van der Waals surface area contributed by atoms with Crippen molar-refractivity contribution in [2.75, 3.05) is 4.90 Å². The fourth-order valence-corrected chi connectivity index (χ4v) is 11.0. The van der Waals surface area contributed by atoms with E-state index in [1.807, 2.05) is 0 Å². The van der Waals surface area contributed by atoms with Crippen molar-refractivity contribution in [3.8, 4) is 33.4 Å². The lowest BCUT2D eigenvalue weighted by Crippen LogP contribution is -2.28. The van der Waals surface area contributed by atoms with Crippen molar-refractivity contribution in [3.63, 3.8) is 0 Å². The molecule has 2 atom stereocenters. The predicted octanol–water partition coefficient (Wildman–Crippen LogP) is 13.6. The molecule has 1 aromatic heterocycles. The largest absolute Gasteiger partial charge is 0.355 e. The summed E-state index contributed by atoms with van der Waals surface area (Å²) in [4.78, 5) is 6.23. The second-order valence-electron chi connectivity index (χ2n) is 16.1. The van der Waals surface area contributed by atoms with Gasteiger partial charge in [-0.15, -0.1) is 0 Å². The van der Waals surface area contributed by atoms with E-state index in [1.165, 1.54) is 94.5 Å². The third-order valence-corrected chi connectivity index (χ3v) is 13.4. The van der Waals surface area contributed by atoms with E-state index in [1.54, 1.807) is 0 Å². The molecule has 3 aliphatic carbocycles. The van der Waals surface area contributed by atoms with Crippen molar-refractivity contribution in [1.82, 2.24) is 4.98 Å². The number of aromatic amines is 1. The number of rotatable bonds is 3. The third kappa shape index (κ3) is 4.14. The van der Waals surface area contributed by atoms with Crippen LogP contribution in [0.15, 0.2) is 200 Å². The minimum Gasteiger partial charge on any atom is -0.355 e. The molecule has 9 aromatic rings. The van der Waals surface area contributed by atoms with Crippen LogP contribution in [0.4, 0.5) is 11.4 Å². The Morgan fingerprint density at radius 1 is 0.456 bits per heavy atom. The zero-order valence-electron chi connectivity index (χ0n) is 31.2. The molecular formula is C55H36N2. The summed E-state index contributed by atoms with van der Waals surface area (Å²) in [6.07, 6.45) is 7.23. The maximum Gasteiger partial charge on any atom is 0.0725 e. The van der Waals surface area contributed by atoms with Crippen molar-refractivity contribution in [3.05, 3.63) is 234 Å². The van der Waals surface area contributed by atoms with Gasteiger partial charge in [0.15, 0.2) is 0 Å². The van der Waals surface area contributed by atoms with Gasteiger partial charge in [-0.25, -0.2) is 0 Å². The fraction of sp³-hybridized carbons (Fsp3) is 0.0545. The van der Waals surface area contributed by atoms with E-state index >= 15 is 0 Å². The average Bonchev–Trinajstić information content (AvgIpc) is 3.99. The molecule has 0 amide bonds. The molecule has 2 nitrogen and oxygen atoms in total. The van der Waals surface area contributed by atoms with Gasteiger partial charge >= 0.3 is 0 Å². The number of hydrogen-bond donors (Lipinski definition) is 1. The first kappa shape index (κ1) is 31.1. The van der Waals surface area contributed by atoms with E-state index in [4.69, 9.17) is 0 Å². The number of benzene rings is 8. The van der Waals surface area contributed by atoms with Gasteiger partial charge in [0, 0.05) is 39.1 Å². The van der Waals surface area contributed by atoms with Gasteiger partial charge in [-0.3, -0.25) is 0 Å². The summed E-state index contributed by atoms with van der Waals surface area (Å²) in [7, 11) is 0. The maximum atomic E-state index is 3.73. The number of hydrogen-bond acceptors (Lipinski definition) is 1. The minimum atomic E-state index is -0.354. The molecule has 13 rings (SSSR count). The molecule has 0 bridgehead atoms. The molecule has 266 valence electrons. The first-order chi connectivity index (χ1) is 28.3. The van der Waals surface area contributed by atoms with Crippen LogP contribution >= 0.6 is 0 Å². The summed E-state index contributed by atoms with van der Waals surface area (Å²) in [5.74, 6) is 0.278. The van der Waals surface area contributed by atoms with Crippen LogP contribution in [0.1, 0.15) is 39.3 Å². The van der Waals surface area contributed by atoms with E-state index in [2.05, 4.69) is 210 Å². The number of nitrogens with one attached hydrogen (secondary N) is 1.